The Kier molecular flexibility index (Phi) is 3.03. The number of rotatable bonds is 3. The maximum absolute atomic E-state index is 11.1. The number of aryl methyl sites for hydroxylation is 1. The highest BCUT2D eigenvalue weighted by Gasteiger charge is 2.03. The number of hydrogen-bond acceptors (Lipinski definition) is 1. The second-order valence-corrected chi connectivity index (χ2v) is 5.07. The fraction of sp³-hybridized carbons (Fsp3) is 0.118. The fourth-order valence-corrected chi connectivity index (χ4v) is 2.40. The number of carbonyl (C=O) groups excluding carboxylic acids is 1. The zero-order valence-electron chi connectivity index (χ0n) is 11.3. The molecule has 1 heterocycles. The molecule has 100 valence electrons. The van der Waals surface area contributed by atoms with Crippen LogP contribution >= 0.6 is 0 Å². The van der Waals surface area contributed by atoms with Gasteiger partial charge in [-0.1, -0.05) is 24.3 Å². The van der Waals surface area contributed by atoms with Gasteiger partial charge < -0.3 is 10.3 Å². The second kappa shape index (κ2) is 4.85. The molecular formula is C17H16N2O. The smallest absolute Gasteiger partial charge is 0.248 e. The van der Waals surface area contributed by atoms with Crippen LogP contribution in [0.3, 0.4) is 0 Å². The highest BCUT2D eigenvalue weighted by Crippen LogP contribution is 2.19. The molecule has 3 rings (SSSR count). The van der Waals surface area contributed by atoms with Crippen molar-refractivity contribution in [1.82, 2.24) is 4.57 Å². The van der Waals surface area contributed by atoms with E-state index in [0.717, 1.165) is 12.1 Å². The standard InChI is InChI=1S/C17H16N2O/c1-12-2-5-14-8-9-19(16(14)10-12)11-13-3-6-15(7-4-13)17(18)20/h2-10H,11H2,1H3,(H2,18,20). The number of nitrogens with two attached hydrogens (primary N) is 1. The van der Waals surface area contributed by atoms with E-state index >= 15 is 0 Å². The maximum Gasteiger partial charge on any atom is 0.248 e. The lowest BCUT2D eigenvalue weighted by Crippen LogP contribution is -2.10. The minimum Gasteiger partial charge on any atom is -0.366 e. The number of fused-ring (bicyclic) bond motifs is 1. The van der Waals surface area contributed by atoms with E-state index in [1.54, 1.807) is 12.1 Å². The van der Waals surface area contributed by atoms with Crippen molar-refractivity contribution in [2.24, 2.45) is 5.73 Å². The Labute approximate surface area is 117 Å². The largest absolute Gasteiger partial charge is 0.366 e. The maximum atomic E-state index is 11.1. The summed E-state index contributed by atoms with van der Waals surface area (Å²) in [7, 11) is 0. The summed E-state index contributed by atoms with van der Waals surface area (Å²) in [6.07, 6.45) is 2.09. The van der Waals surface area contributed by atoms with Crippen LogP contribution in [0.1, 0.15) is 21.5 Å². The SMILES string of the molecule is Cc1ccc2ccn(Cc3ccc(C(N)=O)cc3)c2c1. The molecule has 2 N–H and O–H groups in total. The summed E-state index contributed by atoms with van der Waals surface area (Å²) in [5.41, 5.74) is 9.41. The monoisotopic (exact) mass is 264 g/mol. The zero-order valence-corrected chi connectivity index (χ0v) is 11.3. The van der Waals surface area contributed by atoms with Crippen LogP contribution < -0.4 is 5.73 Å². The Balaban J connectivity index is 1.92. The Bertz CT molecular complexity index is 769. The van der Waals surface area contributed by atoms with Crippen molar-refractivity contribution < 1.29 is 4.79 Å². The second-order valence-electron chi connectivity index (χ2n) is 5.07. The predicted octanol–water partition coefficient (Wildman–Crippen LogP) is 3.10. The lowest BCUT2D eigenvalue weighted by molar-refractivity contribution is 0.100. The van der Waals surface area contributed by atoms with Gasteiger partial charge >= 0.3 is 0 Å². The molecular weight excluding hydrogens is 248 g/mol. The van der Waals surface area contributed by atoms with Gasteiger partial charge in [0.25, 0.3) is 0 Å². The van der Waals surface area contributed by atoms with E-state index in [1.165, 1.54) is 16.5 Å². The Morgan fingerprint density at radius 3 is 2.55 bits per heavy atom. The zero-order chi connectivity index (χ0) is 14.1. The summed E-state index contributed by atoms with van der Waals surface area (Å²) in [4.78, 5) is 11.1. The highest BCUT2D eigenvalue weighted by atomic mass is 16.1. The molecule has 1 aromatic heterocycles. The molecule has 0 bridgehead atoms. The van der Waals surface area contributed by atoms with Gasteiger partial charge in [0.1, 0.15) is 0 Å². The summed E-state index contributed by atoms with van der Waals surface area (Å²) in [5, 5.41) is 1.24. The number of benzene rings is 2. The van der Waals surface area contributed by atoms with Crippen molar-refractivity contribution in [3.8, 4) is 0 Å². The Hall–Kier alpha value is -2.55. The van der Waals surface area contributed by atoms with Crippen LogP contribution in [0.5, 0.6) is 0 Å². The van der Waals surface area contributed by atoms with E-state index in [4.69, 9.17) is 5.73 Å². The summed E-state index contributed by atoms with van der Waals surface area (Å²) in [6.45, 7) is 2.88. The van der Waals surface area contributed by atoms with Crippen molar-refractivity contribution in [1.29, 1.82) is 0 Å². The summed E-state index contributed by atoms with van der Waals surface area (Å²) < 4.78 is 2.21. The molecule has 2 aromatic carbocycles. The molecule has 3 aromatic rings. The number of aromatic nitrogens is 1. The van der Waals surface area contributed by atoms with E-state index in [0.29, 0.717) is 5.56 Å². The molecule has 0 spiro atoms. The van der Waals surface area contributed by atoms with Gasteiger partial charge in [0.15, 0.2) is 0 Å². The van der Waals surface area contributed by atoms with Crippen LogP contribution in [0, 0.1) is 6.92 Å². The van der Waals surface area contributed by atoms with Crippen LogP contribution in [0.15, 0.2) is 54.7 Å². The molecule has 1 amide bonds. The van der Waals surface area contributed by atoms with Crippen molar-refractivity contribution in [3.05, 3.63) is 71.4 Å². The number of carbonyl (C=O) groups is 1. The third-order valence-corrected chi connectivity index (χ3v) is 3.52. The number of nitrogens with zero attached hydrogens (tertiary/aromatic N) is 1. The minimum atomic E-state index is -0.390. The Morgan fingerprint density at radius 1 is 1.10 bits per heavy atom. The molecule has 3 nitrogen and oxygen atoms in total. The predicted molar refractivity (Wildman–Crippen MR) is 80.7 cm³/mol. The molecule has 3 heteroatoms. The highest BCUT2D eigenvalue weighted by molar-refractivity contribution is 5.92. The Morgan fingerprint density at radius 2 is 1.85 bits per heavy atom. The van der Waals surface area contributed by atoms with Gasteiger partial charge in [-0.2, -0.15) is 0 Å². The quantitative estimate of drug-likeness (QED) is 0.776. The molecule has 0 saturated carbocycles. The molecule has 0 aliphatic carbocycles. The average molecular weight is 264 g/mol. The van der Waals surface area contributed by atoms with Crippen molar-refractivity contribution in [2.45, 2.75) is 13.5 Å². The van der Waals surface area contributed by atoms with Gasteiger partial charge in [-0.25, -0.2) is 0 Å². The van der Waals surface area contributed by atoms with Crippen LogP contribution in [-0.4, -0.2) is 10.5 Å². The summed E-state index contributed by atoms with van der Waals surface area (Å²) in [5.74, 6) is -0.390. The van der Waals surface area contributed by atoms with E-state index in [2.05, 4.69) is 42.0 Å². The van der Waals surface area contributed by atoms with Gasteiger partial charge in [0, 0.05) is 23.8 Å². The fourth-order valence-electron chi connectivity index (χ4n) is 2.40. The minimum absolute atomic E-state index is 0.390. The topological polar surface area (TPSA) is 48.0 Å². The molecule has 0 fully saturated rings. The molecule has 0 saturated heterocycles. The third-order valence-electron chi connectivity index (χ3n) is 3.52. The normalized spacial score (nSPS) is 10.8. The number of primary amides is 1. The lowest BCUT2D eigenvalue weighted by Gasteiger charge is -2.07. The molecule has 20 heavy (non-hydrogen) atoms. The average Bonchev–Trinajstić information content (AvgIpc) is 2.82. The van der Waals surface area contributed by atoms with Gasteiger partial charge in [-0.05, 0) is 47.7 Å². The van der Waals surface area contributed by atoms with Gasteiger partial charge in [0.2, 0.25) is 5.91 Å². The first-order chi connectivity index (χ1) is 9.63. The molecule has 0 atom stereocenters. The first-order valence-electron chi connectivity index (χ1n) is 6.58. The number of hydrogen-bond donors (Lipinski definition) is 1. The number of amides is 1. The first kappa shape index (κ1) is 12.5. The summed E-state index contributed by atoms with van der Waals surface area (Å²) in [6, 6.07) is 16.0. The van der Waals surface area contributed by atoms with E-state index < -0.39 is 5.91 Å². The first-order valence-corrected chi connectivity index (χ1v) is 6.58. The van der Waals surface area contributed by atoms with Crippen molar-refractivity contribution in [3.63, 3.8) is 0 Å². The van der Waals surface area contributed by atoms with Crippen molar-refractivity contribution in [2.75, 3.05) is 0 Å². The van der Waals surface area contributed by atoms with E-state index in [1.807, 2.05) is 12.1 Å². The van der Waals surface area contributed by atoms with Gasteiger partial charge in [0.05, 0.1) is 0 Å². The van der Waals surface area contributed by atoms with Gasteiger partial charge in [-0.3, -0.25) is 4.79 Å². The molecule has 0 aliphatic heterocycles. The third kappa shape index (κ3) is 2.30. The molecule has 0 aliphatic rings. The van der Waals surface area contributed by atoms with Crippen LogP contribution in [-0.2, 0) is 6.54 Å². The van der Waals surface area contributed by atoms with Crippen LogP contribution in [0.2, 0.25) is 0 Å². The van der Waals surface area contributed by atoms with Crippen LogP contribution in [0.25, 0.3) is 10.9 Å². The lowest BCUT2D eigenvalue weighted by atomic mass is 10.1. The molecule has 0 unspecified atom stereocenters. The summed E-state index contributed by atoms with van der Waals surface area (Å²) >= 11 is 0. The molecule has 0 radical (unpaired) electrons. The van der Waals surface area contributed by atoms with Crippen LogP contribution in [0.4, 0.5) is 0 Å². The van der Waals surface area contributed by atoms with Gasteiger partial charge in [-0.15, -0.1) is 0 Å². The van der Waals surface area contributed by atoms with E-state index in [-0.39, 0.29) is 0 Å². The van der Waals surface area contributed by atoms with Crippen molar-refractivity contribution >= 4 is 16.8 Å². The van der Waals surface area contributed by atoms with E-state index in [9.17, 15) is 4.79 Å².